The average molecular weight is 307 g/mol. The van der Waals surface area contributed by atoms with Crippen molar-refractivity contribution in [3.8, 4) is 0 Å². The summed E-state index contributed by atoms with van der Waals surface area (Å²) in [5, 5.41) is 5.19. The fourth-order valence-electron chi connectivity index (χ4n) is 2.38. The Morgan fingerprint density at radius 2 is 2.10 bits per heavy atom. The molecule has 1 amide bonds. The second kappa shape index (κ2) is 6.03. The maximum absolute atomic E-state index is 12.2. The van der Waals surface area contributed by atoms with Crippen LogP contribution < -0.4 is 0 Å². The molecule has 20 heavy (non-hydrogen) atoms. The maximum atomic E-state index is 12.2. The highest BCUT2D eigenvalue weighted by molar-refractivity contribution is 7.12. The van der Waals surface area contributed by atoms with Crippen LogP contribution in [0.5, 0.6) is 0 Å². The first-order valence-electron chi connectivity index (χ1n) is 6.68. The zero-order chi connectivity index (χ0) is 13.9. The van der Waals surface area contributed by atoms with Crippen molar-refractivity contribution < 1.29 is 4.79 Å². The van der Waals surface area contributed by atoms with E-state index in [-0.39, 0.29) is 5.91 Å². The van der Waals surface area contributed by atoms with E-state index in [0.717, 1.165) is 48.3 Å². The number of carbonyl (C=O) groups excluding carboxylic acids is 1. The van der Waals surface area contributed by atoms with Gasteiger partial charge in [0.2, 0.25) is 0 Å². The molecular formula is C14H17N3OS2. The zero-order valence-corrected chi connectivity index (χ0v) is 13.0. The summed E-state index contributed by atoms with van der Waals surface area (Å²) in [4.78, 5) is 21.9. The minimum Gasteiger partial charge on any atom is -0.335 e. The van der Waals surface area contributed by atoms with Crippen molar-refractivity contribution in [1.82, 2.24) is 14.8 Å². The van der Waals surface area contributed by atoms with E-state index in [9.17, 15) is 4.79 Å². The molecule has 0 saturated carbocycles. The first-order valence-corrected chi connectivity index (χ1v) is 8.44. The average Bonchev–Trinajstić information content (AvgIpc) is 3.11. The van der Waals surface area contributed by atoms with Crippen LogP contribution in [0.15, 0.2) is 22.9 Å². The van der Waals surface area contributed by atoms with Crippen LogP contribution in [0, 0.1) is 6.92 Å². The molecule has 0 unspecified atom stereocenters. The van der Waals surface area contributed by atoms with Crippen LogP contribution in [0.2, 0.25) is 0 Å². The van der Waals surface area contributed by atoms with Gasteiger partial charge in [-0.25, -0.2) is 4.98 Å². The molecule has 0 N–H and O–H groups in total. The van der Waals surface area contributed by atoms with Gasteiger partial charge < -0.3 is 4.90 Å². The van der Waals surface area contributed by atoms with E-state index < -0.39 is 0 Å². The number of rotatable bonds is 3. The van der Waals surface area contributed by atoms with E-state index in [1.807, 2.05) is 29.3 Å². The summed E-state index contributed by atoms with van der Waals surface area (Å²) in [7, 11) is 0. The molecule has 0 atom stereocenters. The van der Waals surface area contributed by atoms with Gasteiger partial charge in [-0.2, -0.15) is 0 Å². The predicted octanol–water partition coefficient (Wildman–Crippen LogP) is 2.47. The van der Waals surface area contributed by atoms with E-state index in [1.54, 1.807) is 11.3 Å². The highest BCUT2D eigenvalue weighted by atomic mass is 32.1. The summed E-state index contributed by atoms with van der Waals surface area (Å²) >= 11 is 3.21. The van der Waals surface area contributed by atoms with E-state index >= 15 is 0 Å². The zero-order valence-electron chi connectivity index (χ0n) is 11.4. The van der Waals surface area contributed by atoms with Crippen LogP contribution in [0.3, 0.4) is 0 Å². The van der Waals surface area contributed by atoms with E-state index in [0.29, 0.717) is 0 Å². The van der Waals surface area contributed by atoms with Crippen LogP contribution in [0.1, 0.15) is 20.4 Å². The lowest BCUT2D eigenvalue weighted by atomic mass is 10.2. The quantitative estimate of drug-likeness (QED) is 0.874. The molecule has 0 aliphatic carbocycles. The van der Waals surface area contributed by atoms with E-state index in [2.05, 4.69) is 15.3 Å². The van der Waals surface area contributed by atoms with Gasteiger partial charge in [-0.3, -0.25) is 9.69 Å². The van der Waals surface area contributed by atoms with Crippen molar-refractivity contribution >= 4 is 28.6 Å². The lowest BCUT2D eigenvalue weighted by Crippen LogP contribution is -2.48. The summed E-state index contributed by atoms with van der Waals surface area (Å²) < 4.78 is 0. The summed E-state index contributed by atoms with van der Waals surface area (Å²) in [6.45, 7) is 6.39. The molecule has 106 valence electrons. The number of thiazole rings is 1. The fraction of sp³-hybridized carbons (Fsp3) is 0.429. The molecule has 6 heteroatoms. The summed E-state index contributed by atoms with van der Waals surface area (Å²) in [5.41, 5.74) is 1.14. The van der Waals surface area contributed by atoms with Crippen LogP contribution >= 0.6 is 22.7 Å². The summed E-state index contributed by atoms with van der Waals surface area (Å²) in [6, 6.07) is 3.83. The van der Waals surface area contributed by atoms with Gasteiger partial charge in [0.15, 0.2) is 0 Å². The molecule has 1 aliphatic heterocycles. The Bertz CT molecular complexity index is 571. The van der Waals surface area contributed by atoms with E-state index in [1.165, 1.54) is 11.3 Å². The molecule has 3 heterocycles. The molecule has 0 aromatic carbocycles. The number of aromatic nitrogens is 1. The molecule has 3 rings (SSSR count). The smallest absolute Gasteiger partial charge is 0.264 e. The highest BCUT2D eigenvalue weighted by Gasteiger charge is 2.22. The number of carbonyl (C=O) groups is 1. The van der Waals surface area contributed by atoms with Crippen molar-refractivity contribution in [3.63, 3.8) is 0 Å². The highest BCUT2D eigenvalue weighted by Crippen LogP contribution is 2.15. The molecule has 1 aliphatic rings. The second-order valence-corrected chi connectivity index (χ2v) is 6.91. The standard InChI is InChI=1S/C14H17N3OS2/c1-11-15-12(10-20-11)9-16-4-6-17(7-5-16)14(18)13-3-2-8-19-13/h2-3,8,10H,4-7,9H2,1H3. The molecule has 2 aromatic rings. The molecule has 1 saturated heterocycles. The Morgan fingerprint density at radius 1 is 1.30 bits per heavy atom. The number of aryl methyl sites for hydroxylation is 1. The largest absolute Gasteiger partial charge is 0.335 e. The minimum atomic E-state index is 0.171. The predicted molar refractivity (Wildman–Crippen MR) is 82.4 cm³/mol. The number of hydrogen-bond acceptors (Lipinski definition) is 5. The van der Waals surface area contributed by atoms with Crippen LogP contribution in [-0.4, -0.2) is 46.9 Å². The number of amides is 1. The van der Waals surface area contributed by atoms with Gasteiger partial charge in [0.05, 0.1) is 15.6 Å². The molecule has 4 nitrogen and oxygen atoms in total. The monoisotopic (exact) mass is 307 g/mol. The van der Waals surface area contributed by atoms with Gasteiger partial charge in [0.1, 0.15) is 0 Å². The minimum absolute atomic E-state index is 0.171. The summed E-state index contributed by atoms with van der Waals surface area (Å²) in [5.74, 6) is 0.171. The van der Waals surface area contributed by atoms with Crippen molar-refractivity contribution in [2.75, 3.05) is 26.2 Å². The Balaban J connectivity index is 1.53. The van der Waals surface area contributed by atoms with Crippen molar-refractivity contribution in [2.45, 2.75) is 13.5 Å². The van der Waals surface area contributed by atoms with E-state index in [4.69, 9.17) is 0 Å². The maximum Gasteiger partial charge on any atom is 0.264 e. The Hall–Kier alpha value is -1.24. The van der Waals surface area contributed by atoms with Crippen molar-refractivity contribution in [2.24, 2.45) is 0 Å². The van der Waals surface area contributed by atoms with Crippen LogP contribution in [0.4, 0.5) is 0 Å². The Kier molecular flexibility index (Phi) is 4.14. The molecular weight excluding hydrogens is 290 g/mol. The fourth-order valence-corrected chi connectivity index (χ4v) is 3.67. The molecule has 0 spiro atoms. The molecule has 1 fully saturated rings. The van der Waals surface area contributed by atoms with Gasteiger partial charge in [-0.05, 0) is 18.4 Å². The topological polar surface area (TPSA) is 36.4 Å². The van der Waals surface area contributed by atoms with Crippen LogP contribution in [0.25, 0.3) is 0 Å². The lowest BCUT2D eigenvalue weighted by Gasteiger charge is -2.34. The third-order valence-corrected chi connectivity index (χ3v) is 5.12. The molecule has 0 bridgehead atoms. The van der Waals surface area contributed by atoms with Gasteiger partial charge >= 0.3 is 0 Å². The normalized spacial score (nSPS) is 16.6. The summed E-state index contributed by atoms with van der Waals surface area (Å²) in [6.07, 6.45) is 0. The van der Waals surface area contributed by atoms with Gasteiger partial charge in [-0.15, -0.1) is 22.7 Å². The van der Waals surface area contributed by atoms with Crippen molar-refractivity contribution in [1.29, 1.82) is 0 Å². The molecule has 0 radical (unpaired) electrons. The van der Waals surface area contributed by atoms with Gasteiger partial charge in [-0.1, -0.05) is 6.07 Å². The number of nitrogens with zero attached hydrogens (tertiary/aromatic N) is 3. The number of hydrogen-bond donors (Lipinski definition) is 0. The first kappa shape index (κ1) is 13.7. The Morgan fingerprint density at radius 3 is 2.70 bits per heavy atom. The van der Waals surface area contributed by atoms with Gasteiger partial charge in [0.25, 0.3) is 5.91 Å². The third kappa shape index (κ3) is 3.08. The second-order valence-electron chi connectivity index (χ2n) is 4.90. The van der Waals surface area contributed by atoms with Crippen molar-refractivity contribution in [3.05, 3.63) is 38.5 Å². The molecule has 2 aromatic heterocycles. The van der Waals surface area contributed by atoms with Crippen LogP contribution in [-0.2, 0) is 6.54 Å². The SMILES string of the molecule is Cc1nc(CN2CCN(C(=O)c3cccs3)CC2)cs1. The lowest BCUT2D eigenvalue weighted by molar-refractivity contribution is 0.0632. The van der Waals surface area contributed by atoms with Gasteiger partial charge in [0, 0.05) is 38.1 Å². The third-order valence-electron chi connectivity index (χ3n) is 3.44. The Labute approximate surface area is 126 Å². The number of thiophene rings is 1. The first-order chi connectivity index (χ1) is 9.72. The number of piperazine rings is 1.